The second-order valence-electron chi connectivity index (χ2n) is 3.44. The van der Waals surface area contributed by atoms with Crippen molar-refractivity contribution < 1.29 is 34.7 Å². The van der Waals surface area contributed by atoms with Crippen LogP contribution in [0.15, 0.2) is 0 Å². The van der Waals surface area contributed by atoms with Gasteiger partial charge in [-0.05, 0) is 12.8 Å². The van der Waals surface area contributed by atoms with Gasteiger partial charge in [0.15, 0.2) is 0 Å². The lowest BCUT2D eigenvalue weighted by atomic mass is 10.3. The van der Waals surface area contributed by atoms with Crippen molar-refractivity contribution in [1.29, 1.82) is 0 Å². The fourth-order valence-corrected chi connectivity index (χ4v) is 1.04. The molecule has 4 N–H and O–H groups in total. The van der Waals surface area contributed by atoms with Crippen molar-refractivity contribution in [1.82, 2.24) is 0 Å². The van der Waals surface area contributed by atoms with Crippen LogP contribution in [0.4, 0.5) is 4.79 Å². The molecule has 0 aliphatic rings. The lowest BCUT2D eigenvalue weighted by molar-refractivity contribution is -0.353. The summed E-state index contributed by atoms with van der Waals surface area (Å²) in [4.78, 5) is 10.9. The average Bonchev–Trinajstić information content (AvgIpc) is 1.99. The maximum Gasteiger partial charge on any atom is 0.516 e. The molecule has 0 unspecified atom stereocenters. The number of rotatable bonds is 6. The van der Waals surface area contributed by atoms with Gasteiger partial charge in [-0.2, -0.15) is 0 Å². The minimum Gasteiger partial charge on any atom is -0.376 e. The SMILES string of the molecule is CCCC(O)(O)OC(=O)OC(O)(O)CCC. The normalized spacial score (nSPS) is 12.4. The van der Waals surface area contributed by atoms with Crippen molar-refractivity contribution in [3.8, 4) is 0 Å². The number of carbonyl (C=O) groups is 1. The van der Waals surface area contributed by atoms with E-state index < -0.39 is 18.1 Å². The molecule has 0 aromatic carbocycles. The summed E-state index contributed by atoms with van der Waals surface area (Å²) in [6, 6.07) is 0. The minimum absolute atomic E-state index is 0.209. The van der Waals surface area contributed by atoms with Crippen LogP contribution in [0.2, 0.25) is 0 Å². The number of hydrogen-bond donors (Lipinski definition) is 4. The summed E-state index contributed by atoms with van der Waals surface area (Å²) in [5.41, 5.74) is 0. The van der Waals surface area contributed by atoms with Gasteiger partial charge in [0.1, 0.15) is 0 Å². The van der Waals surface area contributed by atoms with Crippen LogP contribution in [-0.4, -0.2) is 38.5 Å². The van der Waals surface area contributed by atoms with Crippen LogP contribution in [0.25, 0.3) is 0 Å². The highest BCUT2D eigenvalue weighted by atomic mass is 16.9. The molecule has 7 heteroatoms. The van der Waals surface area contributed by atoms with Crippen LogP contribution in [0.5, 0.6) is 0 Å². The summed E-state index contributed by atoms with van der Waals surface area (Å²) in [5.74, 6) is -5.32. The van der Waals surface area contributed by atoms with Crippen molar-refractivity contribution in [2.75, 3.05) is 0 Å². The monoisotopic (exact) mass is 238 g/mol. The zero-order valence-electron chi connectivity index (χ0n) is 9.34. The third-order valence-electron chi connectivity index (χ3n) is 1.64. The number of aliphatic hydroxyl groups is 4. The molecule has 0 bridgehead atoms. The molecule has 16 heavy (non-hydrogen) atoms. The van der Waals surface area contributed by atoms with Crippen LogP contribution < -0.4 is 0 Å². The highest BCUT2D eigenvalue weighted by molar-refractivity contribution is 5.60. The second-order valence-corrected chi connectivity index (χ2v) is 3.44. The highest BCUT2D eigenvalue weighted by Crippen LogP contribution is 2.16. The van der Waals surface area contributed by atoms with Crippen LogP contribution in [-0.2, 0) is 9.47 Å². The molecule has 0 aromatic heterocycles. The predicted molar refractivity (Wildman–Crippen MR) is 51.7 cm³/mol. The number of hydrogen-bond acceptors (Lipinski definition) is 7. The van der Waals surface area contributed by atoms with E-state index in [2.05, 4.69) is 9.47 Å². The molecule has 7 nitrogen and oxygen atoms in total. The lowest BCUT2D eigenvalue weighted by Gasteiger charge is -2.24. The molecule has 0 saturated heterocycles. The van der Waals surface area contributed by atoms with Gasteiger partial charge in [-0.15, -0.1) is 0 Å². The van der Waals surface area contributed by atoms with Gasteiger partial charge in [0, 0.05) is 12.8 Å². The van der Waals surface area contributed by atoms with Crippen molar-refractivity contribution >= 4 is 6.16 Å². The molecule has 0 saturated carbocycles. The fourth-order valence-electron chi connectivity index (χ4n) is 1.04. The largest absolute Gasteiger partial charge is 0.516 e. The van der Waals surface area contributed by atoms with Gasteiger partial charge < -0.3 is 29.9 Å². The quantitative estimate of drug-likeness (QED) is 0.380. The van der Waals surface area contributed by atoms with E-state index in [-0.39, 0.29) is 12.8 Å². The molecule has 0 atom stereocenters. The molecule has 0 radical (unpaired) electrons. The first kappa shape index (κ1) is 15.1. The van der Waals surface area contributed by atoms with Crippen LogP contribution >= 0.6 is 0 Å². The molecule has 0 aliphatic carbocycles. The van der Waals surface area contributed by atoms with Gasteiger partial charge in [0.05, 0.1) is 0 Å². The average molecular weight is 238 g/mol. The Hall–Kier alpha value is -0.890. The van der Waals surface area contributed by atoms with Gasteiger partial charge >= 0.3 is 18.1 Å². The summed E-state index contributed by atoms with van der Waals surface area (Å²) >= 11 is 0. The standard InChI is InChI=1S/C9H18O7/c1-3-5-8(11,12)15-7(10)16-9(13,14)6-4-2/h11-14H,3-6H2,1-2H3. The van der Waals surface area contributed by atoms with Crippen molar-refractivity contribution in [2.24, 2.45) is 0 Å². The summed E-state index contributed by atoms with van der Waals surface area (Å²) in [5, 5.41) is 36.3. The van der Waals surface area contributed by atoms with Gasteiger partial charge in [-0.1, -0.05) is 13.8 Å². The third kappa shape index (κ3) is 6.57. The number of carbonyl (C=O) groups excluding carboxylic acids is 1. The Balaban J connectivity index is 4.17. The maximum atomic E-state index is 10.9. The van der Waals surface area contributed by atoms with Crippen LogP contribution in [0, 0.1) is 0 Å². The van der Waals surface area contributed by atoms with Gasteiger partial charge in [-0.3, -0.25) is 0 Å². The molecule has 0 spiro atoms. The first-order chi connectivity index (χ1) is 7.22. The molecule has 0 aromatic rings. The molecular formula is C9H18O7. The number of ether oxygens (including phenoxy) is 2. The van der Waals surface area contributed by atoms with E-state index >= 15 is 0 Å². The van der Waals surface area contributed by atoms with Gasteiger partial charge in [0.2, 0.25) is 0 Å². The Morgan fingerprint density at radius 1 is 0.938 bits per heavy atom. The topological polar surface area (TPSA) is 116 Å². The molecular weight excluding hydrogens is 220 g/mol. The Bertz CT molecular complexity index is 202. The van der Waals surface area contributed by atoms with Crippen LogP contribution in [0.3, 0.4) is 0 Å². The Morgan fingerprint density at radius 3 is 1.50 bits per heavy atom. The predicted octanol–water partition coefficient (Wildman–Crippen LogP) is 0.0166. The Kier molecular flexibility index (Phi) is 5.66. The zero-order chi connectivity index (χ0) is 12.8. The molecule has 0 amide bonds. The van der Waals surface area contributed by atoms with Crippen LogP contribution in [0.1, 0.15) is 39.5 Å². The van der Waals surface area contributed by atoms with Crippen molar-refractivity contribution in [3.63, 3.8) is 0 Å². The van der Waals surface area contributed by atoms with E-state index in [0.29, 0.717) is 12.8 Å². The van der Waals surface area contributed by atoms with E-state index in [1.165, 1.54) is 0 Å². The summed E-state index contributed by atoms with van der Waals surface area (Å²) in [7, 11) is 0. The van der Waals surface area contributed by atoms with E-state index in [0.717, 1.165) is 0 Å². The smallest absolute Gasteiger partial charge is 0.376 e. The van der Waals surface area contributed by atoms with Crippen molar-refractivity contribution in [2.45, 2.75) is 51.5 Å². The lowest BCUT2D eigenvalue weighted by Crippen LogP contribution is -2.40. The van der Waals surface area contributed by atoms with Gasteiger partial charge in [-0.25, -0.2) is 4.79 Å². The Morgan fingerprint density at radius 2 is 1.25 bits per heavy atom. The van der Waals surface area contributed by atoms with E-state index in [4.69, 9.17) is 20.4 Å². The van der Waals surface area contributed by atoms with Crippen molar-refractivity contribution in [3.05, 3.63) is 0 Å². The molecule has 0 aliphatic heterocycles. The van der Waals surface area contributed by atoms with E-state index in [9.17, 15) is 4.79 Å². The van der Waals surface area contributed by atoms with E-state index in [1.807, 2.05) is 0 Å². The third-order valence-corrected chi connectivity index (χ3v) is 1.64. The zero-order valence-corrected chi connectivity index (χ0v) is 9.34. The molecule has 0 fully saturated rings. The van der Waals surface area contributed by atoms with E-state index in [1.54, 1.807) is 13.8 Å². The molecule has 96 valence electrons. The summed E-state index contributed by atoms with van der Waals surface area (Å²) < 4.78 is 8.18. The molecule has 0 heterocycles. The minimum atomic E-state index is -2.66. The fraction of sp³-hybridized carbons (Fsp3) is 0.889. The summed E-state index contributed by atoms with van der Waals surface area (Å²) in [6.07, 6.45) is -1.26. The summed E-state index contributed by atoms with van der Waals surface area (Å²) in [6.45, 7) is 3.30. The molecule has 0 rings (SSSR count). The Labute approximate surface area is 93.2 Å². The highest BCUT2D eigenvalue weighted by Gasteiger charge is 2.34. The van der Waals surface area contributed by atoms with Gasteiger partial charge in [0.25, 0.3) is 0 Å². The first-order valence-electron chi connectivity index (χ1n) is 5.04. The first-order valence-corrected chi connectivity index (χ1v) is 5.04. The maximum absolute atomic E-state index is 10.9. The second kappa shape index (κ2) is 6.00.